The van der Waals surface area contributed by atoms with Crippen molar-refractivity contribution >= 4 is 16.6 Å². The molecule has 0 spiro atoms. The van der Waals surface area contributed by atoms with E-state index in [0.29, 0.717) is 29.1 Å². The van der Waals surface area contributed by atoms with Crippen molar-refractivity contribution in [1.29, 1.82) is 0 Å². The van der Waals surface area contributed by atoms with Crippen LogP contribution in [-0.2, 0) is 6.42 Å². The van der Waals surface area contributed by atoms with Gasteiger partial charge in [0, 0.05) is 16.8 Å². The topological polar surface area (TPSA) is 48.1 Å². The summed E-state index contributed by atoms with van der Waals surface area (Å²) in [7, 11) is 0. The highest BCUT2D eigenvalue weighted by atomic mass is 19.4. The van der Waals surface area contributed by atoms with Crippen LogP contribution in [0, 0.1) is 5.92 Å². The van der Waals surface area contributed by atoms with Gasteiger partial charge in [0.15, 0.2) is 5.75 Å². The number of hydrogen-bond donors (Lipinski definition) is 1. The first-order chi connectivity index (χ1) is 9.26. The molecule has 0 aliphatic carbocycles. The molecule has 2 rings (SSSR count). The molecular formula is C14H15F3N2O. The number of para-hydroxylation sites is 1. The van der Waals surface area contributed by atoms with Crippen LogP contribution in [0.2, 0.25) is 0 Å². The minimum Gasteiger partial charge on any atom is -0.403 e. The van der Waals surface area contributed by atoms with Crippen molar-refractivity contribution in [2.45, 2.75) is 26.6 Å². The molecule has 3 nitrogen and oxygen atoms in total. The van der Waals surface area contributed by atoms with Crippen molar-refractivity contribution in [2.75, 3.05) is 5.73 Å². The van der Waals surface area contributed by atoms with E-state index < -0.39 is 6.36 Å². The van der Waals surface area contributed by atoms with E-state index in [1.807, 2.05) is 13.8 Å². The number of nitrogens with zero attached hydrogens (tertiary/aromatic N) is 1. The SMILES string of the molecule is CC(C)Cc1cc(N)c2cccc(OC(F)(F)F)c2n1. The fourth-order valence-electron chi connectivity index (χ4n) is 2.03. The maximum Gasteiger partial charge on any atom is 0.573 e. The number of anilines is 1. The van der Waals surface area contributed by atoms with E-state index in [-0.39, 0.29) is 11.3 Å². The summed E-state index contributed by atoms with van der Waals surface area (Å²) in [6.45, 7) is 4.00. The number of fused-ring (bicyclic) bond motifs is 1. The number of nitrogen functional groups attached to an aromatic ring is 1. The quantitative estimate of drug-likeness (QED) is 0.929. The first-order valence-electron chi connectivity index (χ1n) is 6.20. The van der Waals surface area contributed by atoms with Gasteiger partial charge < -0.3 is 10.5 Å². The summed E-state index contributed by atoms with van der Waals surface area (Å²) in [4.78, 5) is 4.26. The Morgan fingerprint density at radius 1 is 1.30 bits per heavy atom. The average molecular weight is 284 g/mol. The van der Waals surface area contributed by atoms with E-state index in [1.165, 1.54) is 12.1 Å². The predicted octanol–water partition coefficient (Wildman–Crippen LogP) is 3.91. The number of nitrogens with two attached hydrogens (primary N) is 1. The van der Waals surface area contributed by atoms with Crippen molar-refractivity contribution in [3.05, 3.63) is 30.0 Å². The molecule has 0 atom stereocenters. The highest BCUT2D eigenvalue weighted by Crippen LogP contribution is 2.32. The molecule has 0 radical (unpaired) electrons. The molecule has 20 heavy (non-hydrogen) atoms. The molecule has 1 aromatic heterocycles. The Morgan fingerprint density at radius 2 is 2.00 bits per heavy atom. The Labute approximate surface area is 114 Å². The van der Waals surface area contributed by atoms with Gasteiger partial charge in [0.05, 0.1) is 0 Å². The van der Waals surface area contributed by atoms with E-state index in [4.69, 9.17) is 5.73 Å². The molecule has 1 heterocycles. The molecule has 0 fully saturated rings. The molecule has 0 saturated carbocycles. The third kappa shape index (κ3) is 3.31. The largest absolute Gasteiger partial charge is 0.573 e. The zero-order valence-electron chi connectivity index (χ0n) is 11.2. The van der Waals surface area contributed by atoms with Gasteiger partial charge in [-0.3, -0.25) is 0 Å². The average Bonchev–Trinajstić information content (AvgIpc) is 2.27. The van der Waals surface area contributed by atoms with Crippen LogP contribution in [0.25, 0.3) is 10.9 Å². The van der Waals surface area contributed by atoms with Gasteiger partial charge in [-0.15, -0.1) is 13.2 Å². The van der Waals surface area contributed by atoms with Crippen LogP contribution < -0.4 is 10.5 Å². The van der Waals surface area contributed by atoms with Crippen molar-refractivity contribution in [1.82, 2.24) is 4.98 Å². The second-order valence-electron chi connectivity index (χ2n) is 5.00. The third-order valence-electron chi connectivity index (χ3n) is 2.73. The Kier molecular flexibility index (Phi) is 3.74. The Hall–Kier alpha value is -1.98. The Bertz CT molecular complexity index is 624. The molecule has 2 N–H and O–H groups in total. The van der Waals surface area contributed by atoms with Crippen LogP contribution in [0.1, 0.15) is 19.5 Å². The minimum absolute atomic E-state index is 0.139. The van der Waals surface area contributed by atoms with Crippen LogP contribution in [-0.4, -0.2) is 11.3 Å². The lowest BCUT2D eigenvalue weighted by molar-refractivity contribution is -0.274. The normalized spacial score (nSPS) is 12.1. The maximum absolute atomic E-state index is 12.4. The summed E-state index contributed by atoms with van der Waals surface area (Å²) >= 11 is 0. The van der Waals surface area contributed by atoms with Gasteiger partial charge in [-0.1, -0.05) is 26.0 Å². The van der Waals surface area contributed by atoms with Crippen LogP contribution in [0.4, 0.5) is 18.9 Å². The van der Waals surface area contributed by atoms with Crippen LogP contribution in [0.5, 0.6) is 5.75 Å². The number of halogens is 3. The standard InChI is InChI=1S/C14H15F3N2O/c1-8(2)6-9-7-11(18)10-4-3-5-12(13(10)19-9)20-14(15,16)17/h3-5,7-8H,6H2,1-2H3,(H2,18,19). The predicted molar refractivity (Wildman–Crippen MR) is 71.4 cm³/mol. The Balaban J connectivity index is 2.56. The number of benzene rings is 1. The number of pyridine rings is 1. The highest BCUT2D eigenvalue weighted by Gasteiger charge is 2.32. The zero-order valence-corrected chi connectivity index (χ0v) is 11.2. The number of ether oxygens (including phenoxy) is 1. The van der Waals surface area contributed by atoms with Gasteiger partial charge in [-0.2, -0.15) is 0 Å². The second-order valence-corrected chi connectivity index (χ2v) is 5.00. The molecule has 0 bridgehead atoms. The fourth-order valence-corrected chi connectivity index (χ4v) is 2.03. The molecule has 2 aromatic rings. The fraction of sp³-hybridized carbons (Fsp3) is 0.357. The van der Waals surface area contributed by atoms with Crippen LogP contribution >= 0.6 is 0 Å². The molecule has 0 aliphatic heterocycles. The molecule has 0 aliphatic rings. The van der Waals surface area contributed by atoms with Crippen LogP contribution in [0.15, 0.2) is 24.3 Å². The lowest BCUT2D eigenvalue weighted by atomic mass is 10.1. The zero-order chi connectivity index (χ0) is 14.9. The molecule has 0 amide bonds. The molecule has 1 aromatic carbocycles. The van der Waals surface area contributed by atoms with E-state index in [2.05, 4.69) is 9.72 Å². The summed E-state index contributed by atoms with van der Waals surface area (Å²) in [6.07, 6.45) is -4.11. The van der Waals surface area contributed by atoms with Crippen molar-refractivity contribution in [3.8, 4) is 5.75 Å². The summed E-state index contributed by atoms with van der Waals surface area (Å²) in [6, 6.07) is 6.02. The lowest BCUT2D eigenvalue weighted by Gasteiger charge is -2.13. The summed E-state index contributed by atoms with van der Waals surface area (Å²) in [5, 5.41) is 0.458. The molecular weight excluding hydrogens is 269 g/mol. The number of rotatable bonds is 3. The van der Waals surface area contributed by atoms with E-state index in [9.17, 15) is 13.2 Å². The first-order valence-corrected chi connectivity index (χ1v) is 6.20. The van der Waals surface area contributed by atoms with E-state index in [1.54, 1.807) is 12.1 Å². The molecule has 108 valence electrons. The van der Waals surface area contributed by atoms with Gasteiger partial charge in [-0.05, 0) is 24.5 Å². The lowest BCUT2D eigenvalue weighted by Crippen LogP contribution is -2.17. The van der Waals surface area contributed by atoms with Gasteiger partial charge in [0.1, 0.15) is 5.52 Å². The minimum atomic E-state index is -4.75. The summed E-state index contributed by atoms with van der Waals surface area (Å²) in [5.74, 6) is 0.00218. The molecule has 0 saturated heterocycles. The number of alkyl halides is 3. The summed E-state index contributed by atoms with van der Waals surface area (Å²) < 4.78 is 41.2. The van der Waals surface area contributed by atoms with Gasteiger partial charge in [-0.25, -0.2) is 4.98 Å². The molecule has 6 heteroatoms. The third-order valence-corrected chi connectivity index (χ3v) is 2.73. The number of aromatic nitrogens is 1. The Morgan fingerprint density at radius 3 is 2.60 bits per heavy atom. The van der Waals surface area contributed by atoms with Gasteiger partial charge >= 0.3 is 6.36 Å². The molecule has 0 unspecified atom stereocenters. The van der Waals surface area contributed by atoms with E-state index >= 15 is 0 Å². The van der Waals surface area contributed by atoms with Gasteiger partial charge in [0.25, 0.3) is 0 Å². The maximum atomic E-state index is 12.4. The van der Waals surface area contributed by atoms with Crippen molar-refractivity contribution < 1.29 is 17.9 Å². The van der Waals surface area contributed by atoms with Gasteiger partial charge in [0.2, 0.25) is 0 Å². The smallest absolute Gasteiger partial charge is 0.403 e. The monoisotopic (exact) mass is 284 g/mol. The van der Waals surface area contributed by atoms with Crippen molar-refractivity contribution in [2.24, 2.45) is 5.92 Å². The van der Waals surface area contributed by atoms with E-state index in [0.717, 1.165) is 0 Å². The highest BCUT2D eigenvalue weighted by molar-refractivity contribution is 5.94. The van der Waals surface area contributed by atoms with Crippen molar-refractivity contribution in [3.63, 3.8) is 0 Å². The summed E-state index contributed by atoms with van der Waals surface area (Å²) in [5.41, 5.74) is 7.08. The second kappa shape index (κ2) is 5.19. The number of hydrogen-bond acceptors (Lipinski definition) is 3. The first kappa shape index (κ1) is 14.4. The van der Waals surface area contributed by atoms with Crippen LogP contribution in [0.3, 0.4) is 0 Å².